The van der Waals surface area contributed by atoms with Crippen LogP contribution in [0, 0.1) is 10.1 Å². The summed E-state index contributed by atoms with van der Waals surface area (Å²) in [6.45, 7) is 0.0780. The molecule has 0 saturated carbocycles. The van der Waals surface area contributed by atoms with Gasteiger partial charge in [-0.25, -0.2) is 4.79 Å². The largest absolute Gasteiger partial charge is 0.481 e. The first-order chi connectivity index (χ1) is 15.4. The molecule has 2 N–H and O–H groups in total. The number of carbonyl (C=O) groups excluding carboxylic acids is 1. The minimum atomic E-state index is -1.15. The molecule has 1 unspecified atom stereocenters. The number of nitrogens with one attached hydrogen (secondary N) is 1. The van der Waals surface area contributed by atoms with Crippen molar-refractivity contribution in [1.82, 2.24) is 5.32 Å². The van der Waals surface area contributed by atoms with E-state index in [1.54, 1.807) is 0 Å². The third-order valence-corrected chi connectivity index (χ3v) is 5.50. The van der Waals surface area contributed by atoms with Crippen molar-refractivity contribution in [2.75, 3.05) is 6.61 Å². The lowest BCUT2D eigenvalue weighted by atomic mass is 9.98. The van der Waals surface area contributed by atoms with Gasteiger partial charge in [-0.05, 0) is 27.8 Å². The van der Waals surface area contributed by atoms with Crippen LogP contribution < -0.4 is 5.32 Å². The Morgan fingerprint density at radius 1 is 1.00 bits per heavy atom. The fourth-order valence-corrected chi connectivity index (χ4v) is 4.06. The van der Waals surface area contributed by atoms with E-state index in [1.807, 2.05) is 48.5 Å². The van der Waals surface area contributed by atoms with Crippen LogP contribution in [0.15, 0.2) is 72.8 Å². The summed E-state index contributed by atoms with van der Waals surface area (Å²) in [7, 11) is 0. The summed E-state index contributed by atoms with van der Waals surface area (Å²) in [4.78, 5) is 34.3. The molecule has 0 radical (unpaired) electrons. The molecule has 1 aliphatic carbocycles. The summed E-state index contributed by atoms with van der Waals surface area (Å²) < 4.78 is 5.47. The quantitative estimate of drug-likeness (QED) is 0.414. The average molecular weight is 432 g/mol. The zero-order chi connectivity index (χ0) is 22.7. The molecule has 162 valence electrons. The molecule has 0 spiro atoms. The second-order valence-electron chi connectivity index (χ2n) is 7.47. The highest BCUT2D eigenvalue weighted by Crippen LogP contribution is 2.44. The van der Waals surface area contributed by atoms with Gasteiger partial charge in [0.1, 0.15) is 6.61 Å². The minimum absolute atomic E-state index is 0.0780. The maximum atomic E-state index is 12.5. The van der Waals surface area contributed by atoms with E-state index in [1.165, 1.54) is 24.3 Å². The van der Waals surface area contributed by atoms with Crippen LogP contribution in [-0.4, -0.2) is 28.7 Å². The van der Waals surface area contributed by atoms with E-state index in [-0.39, 0.29) is 18.2 Å². The van der Waals surface area contributed by atoms with Crippen LogP contribution in [0.5, 0.6) is 0 Å². The van der Waals surface area contributed by atoms with E-state index < -0.39 is 29.4 Å². The number of hydrogen-bond acceptors (Lipinski definition) is 5. The number of rotatable bonds is 7. The first kappa shape index (κ1) is 21.0. The number of fused-ring (bicyclic) bond motifs is 3. The lowest BCUT2D eigenvalue weighted by molar-refractivity contribution is -0.384. The van der Waals surface area contributed by atoms with Crippen molar-refractivity contribution >= 4 is 17.7 Å². The molecule has 0 aliphatic heterocycles. The van der Waals surface area contributed by atoms with E-state index >= 15 is 0 Å². The molecule has 1 aliphatic rings. The van der Waals surface area contributed by atoms with E-state index in [0.29, 0.717) is 5.56 Å². The molecular weight excluding hydrogens is 412 g/mol. The first-order valence-electron chi connectivity index (χ1n) is 10.0. The molecular formula is C24H20N2O6. The lowest BCUT2D eigenvalue weighted by Gasteiger charge is -2.19. The minimum Gasteiger partial charge on any atom is -0.481 e. The van der Waals surface area contributed by atoms with Crippen molar-refractivity contribution < 1.29 is 24.4 Å². The van der Waals surface area contributed by atoms with E-state index in [4.69, 9.17) is 4.74 Å². The monoisotopic (exact) mass is 432 g/mol. The Balaban J connectivity index is 1.49. The van der Waals surface area contributed by atoms with Gasteiger partial charge < -0.3 is 15.2 Å². The molecule has 0 fully saturated rings. The van der Waals surface area contributed by atoms with Crippen LogP contribution in [0.2, 0.25) is 0 Å². The first-order valence-corrected chi connectivity index (χ1v) is 10.0. The van der Waals surface area contributed by atoms with Crippen molar-refractivity contribution in [3.05, 3.63) is 99.6 Å². The number of aliphatic carboxylic acids is 1. The normalized spacial score (nSPS) is 13.0. The second-order valence-corrected chi connectivity index (χ2v) is 7.47. The summed E-state index contributed by atoms with van der Waals surface area (Å²) in [6, 6.07) is 20.4. The highest BCUT2D eigenvalue weighted by molar-refractivity contribution is 5.79. The van der Waals surface area contributed by atoms with Crippen molar-refractivity contribution in [3.63, 3.8) is 0 Å². The number of benzene rings is 3. The van der Waals surface area contributed by atoms with Crippen LogP contribution in [0.3, 0.4) is 0 Å². The molecule has 0 saturated heterocycles. The zero-order valence-corrected chi connectivity index (χ0v) is 16.9. The maximum absolute atomic E-state index is 12.5. The Labute approximate surface area is 183 Å². The highest BCUT2D eigenvalue weighted by Gasteiger charge is 2.29. The van der Waals surface area contributed by atoms with E-state index in [2.05, 4.69) is 5.32 Å². The van der Waals surface area contributed by atoms with Gasteiger partial charge >= 0.3 is 12.1 Å². The summed E-state index contributed by atoms with van der Waals surface area (Å²) in [6.07, 6.45) is -1.23. The van der Waals surface area contributed by atoms with Crippen molar-refractivity contribution in [2.24, 2.45) is 0 Å². The number of nitrogens with zero attached hydrogens (tertiary/aromatic N) is 1. The summed E-state index contributed by atoms with van der Waals surface area (Å²) in [5.74, 6) is -1.29. The fraction of sp³-hybridized carbons (Fsp3) is 0.167. The van der Waals surface area contributed by atoms with Gasteiger partial charge in [0.15, 0.2) is 0 Å². The molecule has 0 aromatic heterocycles. The van der Waals surface area contributed by atoms with Crippen molar-refractivity contribution in [1.29, 1.82) is 0 Å². The molecule has 1 atom stereocenters. The maximum Gasteiger partial charge on any atom is 0.407 e. The SMILES string of the molecule is O=C(O)CC(NC(=O)OCC1c2ccccc2-c2ccccc21)c1cccc([N+](=O)[O-])c1. The van der Waals surface area contributed by atoms with Gasteiger partial charge in [0.05, 0.1) is 17.4 Å². The van der Waals surface area contributed by atoms with Crippen molar-refractivity contribution in [3.8, 4) is 11.1 Å². The molecule has 3 aromatic carbocycles. The molecule has 0 bridgehead atoms. The van der Waals surface area contributed by atoms with E-state index in [9.17, 15) is 24.8 Å². The smallest absolute Gasteiger partial charge is 0.407 e. The number of alkyl carbamates (subject to hydrolysis) is 1. The molecule has 1 amide bonds. The van der Waals surface area contributed by atoms with Crippen LogP contribution in [0.25, 0.3) is 11.1 Å². The third kappa shape index (κ3) is 4.29. The molecule has 4 rings (SSSR count). The molecule has 3 aromatic rings. The number of nitro benzene ring substituents is 1. The number of non-ortho nitro benzene ring substituents is 1. The Kier molecular flexibility index (Phi) is 5.85. The number of amides is 1. The molecule has 8 nitrogen and oxygen atoms in total. The van der Waals surface area contributed by atoms with Gasteiger partial charge in [-0.1, -0.05) is 60.7 Å². The Morgan fingerprint density at radius 3 is 2.22 bits per heavy atom. The number of nitro groups is 1. The van der Waals surface area contributed by atoms with Crippen LogP contribution in [0.1, 0.15) is 35.1 Å². The van der Waals surface area contributed by atoms with Crippen LogP contribution in [-0.2, 0) is 9.53 Å². The van der Waals surface area contributed by atoms with Crippen LogP contribution in [0.4, 0.5) is 10.5 Å². The van der Waals surface area contributed by atoms with Crippen LogP contribution >= 0.6 is 0 Å². The number of carbonyl (C=O) groups is 2. The Bertz CT molecular complexity index is 1150. The molecule has 0 heterocycles. The Hall–Kier alpha value is -4.20. The van der Waals surface area contributed by atoms with Gasteiger partial charge in [-0.2, -0.15) is 0 Å². The summed E-state index contributed by atoms with van der Waals surface area (Å²) >= 11 is 0. The molecule has 32 heavy (non-hydrogen) atoms. The lowest BCUT2D eigenvalue weighted by Crippen LogP contribution is -2.31. The van der Waals surface area contributed by atoms with Gasteiger partial charge in [0.2, 0.25) is 0 Å². The van der Waals surface area contributed by atoms with Gasteiger partial charge in [-0.3, -0.25) is 14.9 Å². The number of carboxylic acid groups (broad SMARTS) is 1. The fourth-order valence-electron chi connectivity index (χ4n) is 4.06. The topological polar surface area (TPSA) is 119 Å². The summed E-state index contributed by atoms with van der Waals surface area (Å²) in [5, 5.41) is 22.8. The standard InChI is InChI=1S/C24H20N2O6/c27-23(28)13-22(15-6-5-7-16(12-15)26(30)31)25-24(29)32-14-21-19-10-3-1-8-17(19)18-9-2-4-11-20(18)21/h1-12,21-22H,13-14H2,(H,25,29)(H,27,28). The third-order valence-electron chi connectivity index (χ3n) is 5.50. The second kappa shape index (κ2) is 8.89. The van der Waals surface area contributed by atoms with Gasteiger partial charge in [-0.15, -0.1) is 0 Å². The van der Waals surface area contributed by atoms with Gasteiger partial charge in [0, 0.05) is 18.1 Å². The predicted octanol–water partition coefficient (Wildman–Crippen LogP) is 4.65. The van der Waals surface area contributed by atoms with Crippen molar-refractivity contribution in [2.45, 2.75) is 18.4 Å². The molecule has 8 heteroatoms. The van der Waals surface area contributed by atoms with E-state index in [0.717, 1.165) is 22.3 Å². The zero-order valence-electron chi connectivity index (χ0n) is 16.9. The Morgan fingerprint density at radius 2 is 1.62 bits per heavy atom. The number of ether oxygens (including phenoxy) is 1. The van der Waals surface area contributed by atoms with Gasteiger partial charge in [0.25, 0.3) is 5.69 Å². The average Bonchev–Trinajstić information content (AvgIpc) is 3.11. The highest BCUT2D eigenvalue weighted by atomic mass is 16.6. The number of carboxylic acids is 1. The summed E-state index contributed by atoms with van der Waals surface area (Å²) in [5.41, 5.74) is 4.43. The predicted molar refractivity (Wildman–Crippen MR) is 116 cm³/mol. The number of hydrogen-bond donors (Lipinski definition) is 2.